The molecule has 0 bridgehead atoms. The molecule has 0 aliphatic rings. The molecule has 3 N–H and O–H groups in total. The summed E-state index contributed by atoms with van der Waals surface area (Å²) in [7, 11) is 0. The van der Waals surface area contributed by atoms with E-state index in [1.54, 1.807) is 54.6 Å². The lowest BCUT2D eigenvalue weighted by atomic mass is 10.1. The van der Waals surface area contributed by atoms with Crippen LogP contribution in [0.5, 0.6) is 5.75 Å². The molecular weight excluding hydrogens is 392 g/mol. The zero-order valence-corrected chi connectivity index (χ0v) is 17.2. The van der Waals surface area contributed by atoms with Crippen LogP contribution < -0.4 is 15.4 Å². The fourth-order valence-electron chi connectivity index (χ4n) is 2.31. The average Bonchev–Trinajstić information content (AvgIpc) is 2.71. The second-order valence-corrected chi connectivity index (χ2v) is 7.21. The van der Waals surface area contributed by atoms with Crippen LogP contribution in [0.2, 0.25) is 5.02 Å². The lowest BCUT2D eigenvalue weighted by molar-refractivity contribution is -0.117. The quantitative estimate of drug-likeness (QED) is 0.547. The van der Waals surface area contributed by atoms with Crippen LogP contribution in [0.15, 0.2) is 54.2 Å². The lowest BCUT2D eigenvalue weighted by Crippen LogP contribution is -2.36. The molecule has 0 saturated carbocycles. The third-order valence-electron chi connectivity index (χ3n) is 3.77. The number of halogens is 1. The molecule has 0 fully saturated rings. The summed E-state index contributed by atoms with van der Waals surface area (Å²) in [6.07, 6.45) is 1.54. The van der Waals surface area contributed by atoms with Crippen molar-refractivity contribution in [2.75, 3.05) is 19.8 Å². The van der Waals surface area contributed by atoms with Crippen molar-refractivity contribution < 1.29 is 19.4 Å². The summed E-state index contributed by atoms with van der Waals surface area (Å²) in [5.41, 5.74) is 1.14. The van der Waals surface area contributed by atoms with Gasteiger partial charge in [-0.1, -0.05) is 37.6 Å². The maximum atomic E-state index is 12.6. The van der Waals surface area contributed by atoms with Crippen molar-refractivity contribution in [1.29, 1.82) is 0 Å². The first-order valence-corrected chi connectivity index (χ1v) is 9.67. The molecule has 0 aromatic heterocycles. The summed E-state index contributed by atoms with van der Waals surface area (Å²) >= 11 is 5.89. The first kappa shape index (κ1) is 22.5. The largest absolute Gasteiger partial charge is 0.493 e. The number of carbonyl (C=O) groups is 2. The summed E-state index contributed by atoms with van der Waals surface area (Å²) in [6, 6.07) is 13.5. The molecular formula is C22H25ClN2O4. The molecule has 2 aromatic carbocycles. The van der Waals surface area contributed by atoms with Crippen molar-refractivity contribution in [2.45, 2.75) is 13.8 Å². The number of amides is 2. The Kier molecular flexibility index (Phi) is 8.70. The molecule has 0 saturated heterocycles. The minimum absolute atomic E-state index is 0.0610. The van der Waals surface area contributed by atoms with E-state index < -0.39 is 11.8 Å². The molecule has 7 heteroatoms. The number of benzene rings is 2. The second-order valence-electron chi connectivity index (χ2n) is 6.77. The van der Waals surface area contributed by atoms with Gasteiger partial charge in [-0.3, -0.25) is 9.59 Å². The van der Waals surface area contributed by atoms with E-state index in [1.807, 2.05) is 0 Å². The van der Waals surface area contributed by atoms with Gasteiger partial charge in [0.05, 0.1) is 13.2 Å². The third kappa shape index (κ3) is 7.60. The molecule has 2 aromatic rings. The zero-order chi connectivity index (χ0) is 21.2. The molecule has 0 heterocycles. The van der Waals surface area contributed by atoms with E-state index in [1.165, 1.54) is 0 Å². The molecule has 29 heavy (non-hydrogen) atoms. The highest BCUT2D eigenvalue weighted by Gasteiger charge is 2.14. The van der Waals surface area contributed by atoms with E-state index in [9.17, 15) is 9.59 Å². The molecule has 2 amide bonds. The van der Waals surface area contributed by atoms with Crippen molar-refractivity contribution in [3.05, 3.63) is 70.4 Å². The highest BCUT2D eigenvalue weighted by molar-refractivity contribution is 6.30. The van der Waals surface area contributed by atoms with Gasteiger partial charge >= 0.3 is 0 Å². The number of ether oxygens (including phenoxy) is 1. The Morgan fingerprint density at radius 1 is 1.10 bits per heavy atom. The van der Waals surface area contributed by atoms with Crippen LogP contribution >= 0.6 is 11.6 Å². The average molecular weight is 417 g/mol. The number of nitrogens with one attached hydrogen (secondary N) is 2. The van der Waals surface area contributed by atoms with E-state index >= 15 is 0 Å². The maximum absolute atomic E-state index is 12.6. The highest BCUT2D eigenvalue weighted by atomic mass is 35.5. The lowest BCUT2D eigenvalue weighted by Gasteiger charge is -2.12. The van der Waals surface area contributed by atoms with Crippen molar-refractivity contribution in [3.8, 4) is 5.75 Å². The van der Waals surface area contributed by atoms with Crippen molar-refractivity contribution in [2.24, 2.45) is 5.92 Å². The van der Waals surface area contributed by atoms with Crippen LogP contribution in [0.1, 0.15) is 29.8 Å². The van der Waals surface area contributed by atoms with Crippen LogP contribution in [-0.2, 0) is 4.79 Å². The van der Waals surface area contributed by atoms with E-state index in [0.717, 1.165) is 0 Å². The van der Waals surface area contributed by atoms with E-state index in [4.69, 9.17) is 21.4 Å². The Labute approximate surface area is 175 Å². The number of hydrogen-bond acceptors (Lipinski definition) is 4. The van der Waals surface area contributed by atoms with Gasteiger partial charge < -0.3 is 20.5 Å². The smallest absolute Gasteiger partial charge is 0.267 e. The van der Waals surface area contributed by atoms with Crippen LogP contribution in [0.25, 0.3) is 6.08 Å². The number of aliphatic hydroxyl groups excluding tert-OH is 1. The predicted octanol–water partition coefficient (Wildman–Crippen LogP) is 3.25. The second kappa shape index (κ2) is 11.2. The minimum Gasteiger partial charge on any atom is -0.493 e. The van der Waals surface area contributed by atoms with Gasteiger partial charge in [-0.2, -0.15) is 0 Å². The predicted molar refractivity (Wildman–Crippen MR) is 114 cm³/mol. The fourth-order valence-corrected chi connectivity index (χ4v) is 2.43. The van der Waals surface area contributed by atoms with Crippen LogP contribution in [0.3, 0.4) is 0 Å². The molecule has 154 valence electrons. The first-order valence-electron chi connectivity index (χ1n) is 9.29. The fraction of sp³-hybridized carbons (Fsp3) is 0.273. The van der Waals surface area contributed by atoms with Crippen molar-refractivity contribution in [1.82, 2.24) is 10.6 Å². The van der Waals surface area contributed by atoms with Gasteiger partial charge in [-0.05, 0) is 54.0 Å². The monoisotopic (exact) mass is 416 g/mol. The van der Waals surface area contributed by atoms with Gasteiger partial charge in [0.25, 0.3) is 11.8 Å². The number of rotatable bonds is 9. The number of aliphatic hydroxyl groups is 1. The van der Waals surface area contributed by atoms with E-state index in [-0.39, 0.29) is 18.8 Å². The minimum atomic E-state index is -0.501. The zero-order valence-electron chi connectivity index (χ0n) is 16.4. The van der Waals surface area contributed by atoms with Gasteiger partial charge in [0, 0.05) is 17.1 Å². The summed E-state index contributed by atoms with van der Waals surface area (Å²) in [4.78, 5) is 25.0. The third-order valence-corrected chi connectivity index (χ3v) is 4.02. The molecule has 6 nitrogen and oxygen atoms in total. The van der Waals surface area contributed by atoms with Gasteiger partial charge in [-0.25, -0.2) is 0 Å². The standard InChI is InChI=1S/C22H25ClN2O4/c1-15(2)14-29-19-9-5-17(6-10-19)21(27)25-20(22(28)24-11-12-26)13-16-3-7-18(23)8-4-16/h3-10,13,15,26H,11-12,14H2,1-2H3,(H,24,28)(H,25,27). The molecule has 0 spiro atoms. The van der Waals surface area contributed by atoms with Gasteiger partial charge in [0.15, 0.2) is 0 Å². The SMILES string of the molecule is CC(C)COc1ccc(C(=O)NC(=Cc2ccc(Cl)cc2)C(=O)NCCO)cc1. The number of hydrogen-bond donors (Lipinski definition) is 3. The Balaban J connectivity index is 2.15. The molecule has 0 atom stereocenters. The molecule has 0 aliphatic carbocycles. The number of carbonyl (C=O) groups excluding carboxylic acids is 2. The normalized spacial score (nSPS) is 11.3. The summed E-state index contributed by atoms with van der Waals surface area (Å²) < 4.78 is 5.61. The van der Waals surface area contributed by atoms with Gasteiger partial charge in [0.1, 0.15) is 11.4 Å². The van der Waals surface area contributed by atoms with Gasteiger partial charge in [-0.15, -0.1) is 0 Å². The Hall–Kier alpha value is -2.83. The summed E-state index contributed by atoms with van der Waals surface area (Å²) in [5.74, 6) is 0.142. The topological polar surface area (TPSA) is 87.7 Å². The first-order chi connectivity index (χ1) is 13.9. The Bertz CT molecular complexity index is 846. The van der Waals surface area contributed by atoms with Gasteiger partial charge in [0.2, 0.25) is 0 Å². The van der Waals surface area contributed by atoms with Crippen molar-refractivity contribution >= 4 is 29.5 Å². The maximum Gasteiger partial charge on any atom is 0.267 e. The summed E-state index contributed by atoms with van der Waals surface area (Å²) in [5, 5.41) is 14.7. The van der Waals surface area contributed by atoms with E-state index in [2.05, 4.69) is 24.5 Å². The molecule has 0 radical (unpaired) electrons. The molecule has 2 rings (SSSR count). The highest BCUT2D eigenvalue weighted by Crippen LogP contribution is 2.15. The summed E-state index contributed by atoms with van der Waals surface area (Å²) in [6.45, 7) is 4.57. The Morgan fingerprint density at radius 3 is 2.34 bits per heavy atom. The van der Waals surface area contributed by atoms with Crippen LogP contribution in [0, 0.1) is 5.92 Å². The van der Waals surface area contributed by atoms with Crippen LogP contribution in [-0.4, -0.2) is 36.7 Å². The van der Waals surface area contributed by atoms with E-state index in [0.29, 0.717) is 34.4 Å². The Morgan fingerprint density at radius 2 is 1.76 bits per heavy atom. The molecule has 0 aliphatic heterocycles. The van der Waals surface area contributed by atoms with Crippen molar-refractivity contribution in [3.63, 3.8) is 0 Å². The molecule has 0 unspecified atom stereocenters. The van der Waals surface area contributed by atoms with Crippen LogP contribution in [0.4, 0.5) is 0 Å².